The van der Waals surface area contributed by atoms with E-state index in [1.165, 1.54) is 56.9 Å². The van der Waals surface area contributed by atoms with Crippen LogP contribution in [0.15, 0.2) is 72.0 Å². The van der Waals surface area contributed by atoms with E-state index in [4.69, 9.17) is 9.72 Å². The number of fused-ring (bicyclic) bond motifs is 1. The number of ketones is 1. The van der Waals surface area contributed by atoms with E-state index in [1.807, 2.05) is 0 Å². The van der Waals surface area contributed by atoms with Crippen molar-refractivity contribution in [2.45, 2.75) is 30.6 Å². The number of carbonyl (C=O) groups excluding carboxylic acids is 2. The molecule has 0 spiro atoms. The molecule has 1 amide bonds. The van der Waals surface area contributed by atoms with Gasteiger partial charge in [0, 0.05) is 36.8 Å². The van der Waals surface area contributed by atoms with Crippen LogP contribution in [0, 0.1) is 5.82 Å². The summed E-state index contributed by atoms with van der Waals surface area (Å²) in [6.45, 7) is 2.40. The number of allylic oxidation sites excluding steroid dienone is 1. The number of likely N-dealkylation sites (tertiary alicyclic amines) is 1. The predicted molar refractivity (Wildman–Crippen MR) is 153 cm³/mol. The minimum absolute atomic E-state index is 0.00271. The minimum Gasteiger partial charge on any atom is -0.480 e. The van der Waals surface area contributed by atoms with E-state index >= 15 is 0 Å². The fraction of sp³-hybridized carbons (Fsp3) is 0.241. The van der Waals surface area contributed by atoms with Crippen molar-refractivity contribution in [3.8, 4) is 17.1 Å². The number of carbonyl (C=O) groups is 2. The smallest absolute Gasteiger partial charge is 0.264 e. The molecule has 0 saturated carbocycles. The number of aromatic nitrogens is 4. The number of halogens is 1. The zero-order valence-corrected chi connectivity index (χ0v) is 23.6. The van der Waals surface area contributed by atoms with Gasteiger partial charge in [-0.2, -0.15) is 0 Å². The summed E-state index contributed by atoms with van der Waals surface area (Å²) >= 11 is 0. The van der Waals surface area contributed by atoms with Crippen molar-refractivity contribution in [2.24, 2.45) is 0 Å². The first-order valence-electron chi connectivity index (χ1n) is 13.1. The molecule has 4 aromatic rings. The molecule has 1 aliphatic rings. The molecule has 1 saturated heterocycles. The van der Waals surface area contributed by atoms with Crippen molar-refractivity contribution in [1.29, 1.82) is 0 Å². The molecule has 0 radical (unpaired) electrons. The second-order valence-electron chi connectivity index (χ2n) is 9.68. The van der Waals surface area contributed by atoms with Gasteiger partial charge in [-0.15, -0.1) is 0 Å². The number of sulfonamides is 1. The lowest BCUT2D eigenvalue weighted by atomic mass is 9.92. The molecule has 216 valence electrons. The fourth-order valence-corrected chi connectivity index (χ4v) is 5.90. The Morgan fingerprint density at radius 1 is 1.07 bits per heavy atom. The molecule has 13 heteroatoms. The maximum absolute atomic E-state index is 14.3. The average Bonchev–Trinajstić information content (AvgIpc) is 2.99. The van der Waals surface area contributed by atoms with Crippen LogP contribution in [0.5, 0.6) is 5.88 Å². The number of rotatable bonds is 8. The lowest BCUT2D eigenvalue weighted by Gasteiger charge is -2.31. The summed E-state index contributed by atoms with van der Waals surface area (Å²) in [7, 11) is -2.94. The zero-order valence-electron chi connectivity index (χ0n) is 22.8. The van der Waals surface area contributed by atoms with Crippen LogP contribution in [0.4, 0.5) is 10.1 Å². The highest BCUT2D eigenvalue weighted by Crippen LogP contribution is 2.33. The molecule has 4 heterocycles. The van der Waals surface area contributed by atoms with Crippen molar-refractivity contribution in [2.75, 3.05) is 24.9 Å². The van der Waals surface area contributed by atoms with Gasteiger partial charge < -0.3 is 9.64 Å². The molecule has 1 aliphatic heterocycles. The summed E-state index contributed by atoms with van der Waals surface area (Å²) in [5.41, 5.74) is 2.95. The highest BCUT2D eigenvalue weighted by atomic mass is 32.2. The second-order valence-corrected chi connectivity index (χ2v) is 11.3. The van der Waals surface area contributed by atoms with E-state index in [2.05, 4.69) is 19.7 Å². The lowest BCUT2D eigenvalue weighted by Crippen LogP contribution is -2.37. The van der Waals surface area contributed by atoms with Gasteiger partial charge in [-0.3, -0.25) is 14.3 Å². The average molecular weight is 591 g/mol. The number of nitrogens with zero attached hydrogens (tertiary/aromatic N) is 5. The number of anilines is 1. The molecule has 1 aromatic carbocycles. The van der Waals surface area contributed by atoms with Gasteiger partial charge in [0.15, 0.2) is 5.78 Å². The number of nitrogens with one attached hydrogen (secondary N) is 1. The third kappa shape index (κ3) is 6.10. The maximum atomic E-state index is 14.3. The van der Waals surface area contributed by atoms with E-state index in [9.17, 15) is 22.4 Å². The van der Waals surface area contributed by atoms with Gasteiger partial charge in [0.05, 0.1) is 24.0 Å². The molecule has 0 unspecified atom stereocenters. The summed E-state index contributed by atoms with van der Waals surface area (Å²) in [4.78, 5) is 42.7. The minimum atomic E-state index is -4.28. The number of methoxy groups -OCH3 is 1. The number of pyridine rings is 2. The molecule has 0 atom stereocenters. The largest absolute Gasteiger partial charge is 0.480 e. The number of hydrogen-bond acceptors (Lipinski definition) is 9. The summed E-state index contributed by atoms with van der Waals surface area (Å²) in [6, 6.07) is 10.1. The molecular formula is C29H27FN6O5S. The standard InChI is InChI=1S/C29H27FN6O5S/c1-18(37)7-10-26(38)36-13-11-19(12-14-36)27-28-23(32-17-33-27)9-8-22(34-28)20-15-24(29(41-2)31-16-20)35-42(39,40)25-6-4-3-5-21(25)30/h3-10,15-17,19,35H,11-14H2,1-2H3/b10-7+. The van der Waals surface area contributed by atoms with Crippen LogP contribution < -0.4 is 9.46 Å². The van der Waals surface area contributed by atoms with Gasteiger partial charge >= 0.3 is 0 Å². The first-order valence-corrected chi connectivity index (χ1v) is 14.6. The summed E-state index contributed by atoms with van der Waals surface area (Å²) in [5.74, 6) is -1.25. The third-order valence-corrected chi connectivity index (χ3v) is 8.27. The van der Waals surface area contributed by atoms with E-state index < -0.39 is 20.7 Å². The number of amides is 1. The third-order valence-electron chi connectivity index (χ3n) is 6.87. The molecular weight excluding hydrogens is 563 g/mol. The first kappa shape index (κ1) is 28.7. The van der Waals surface area contributed by atoms with Crippen molar-refractivity contribution in [3.63, 3.8) is 0 Å². The molecule has 0 aliphatic carbocycles. The van der Waals surface area contributed by atoms with E-state index in [0.717, 1.165) is 17.8 Å². The SMILES string of the molecule is COc1ncc(-c2ccc3ncnc(C4CCN(C(=O)/C=C/C(C)=O)CC4)c3n2)cc1NS(=O)(=O)c1ccccc1F. The van der Waals surface area contributed by atoms with E-state index in [-0.39, 0.29) is 29.2 Å². The monoisotopic (exact) mass is 590 g/mol. The maximum Gasteiger partial charge on any atom is 0.264 e. The van der Waals surface area contributed by atoms with Crippen LogP contribution in [-0.2, 0) is 19.6 Å². The van der Waals surface area contributed by atoms with Crippen LogP contribution in [0.2, 0.25) is 0 Å². The van der Waals surface area contributed by atoms with Crippen molar-refractivity contribution < 1.29 is 27.1 Å². The van der Waals surface area contributed by atoms with Crippen molar-refractivity contribution >= 4 is 38.4 Å². The van der Waals surface area contributed by atoms with Crippen molar-refractivity contribution in [3.05, 3.63) is 78.7 Å². The Kier molecular flexibility index (Phi) is 8.20. The molecule has 42 heavy (non-hydrogen) atoms. The molecule has 5 rings (SSSR count). The topological polar surface area (TPSA) is 144 Å². The second kappa shape index (κ2) is 12.0. The molecule has 1 N–H and O–H groups in total. The quantitative estimate of drug-likeness (QED) is 0.302. The van der Waals surface area contributed by atoms with Crippen molar-refractivity contribution in [1.82, 2.24) is 24.8 Å². The Balaban J connectivity index is 1.43. The summed E-state index contributed by atoms with van der Waals surface area (Å²) in [6.07, 6.45) is 6.85. The fourth-order valence-electron chi connectivity index (χ4n) is 4.78. The number of benzene rings is 1. The number of hydrogen-bond donors (Lipinski definition) is 1. The van der Waals surface area contributed by atoms with Gasteiger partial charge in [0.2, 0.25) is 11.8 Å². The Hall–Kier alpha value is -4.78. The summed E-state index contributed by atoms with van der Waals surface area (Å²) < 4.78 is 47.8. The van der Waals surface area contributed by atoms with Crippen LogP contribution >= 0.6 is 0 Å². The van der Waals surface area contributed by atoms with E-state index in [1.54, 1.807) is 17.0 Å². The van der Waals surface area contributed by atoms with Crippen LogP contribution in [0.25, 0.3) is 22.3 Å². The van der Waals surface area contributed by atoms with Gasteiger partial charge in [0.25, 0.3) is 10.0 Å². The van der Waals surface area contributed by atoms with Gasteiger partial charge in [0.1, 0.15) is 28.2 Å². The Morgan fingerprint density at radius 2 is 1.83 bits per heavy atom. The molecule has 0 bridgehead atoms. The summed E-state index contributed by atoms with van der Waals surface area (Å²) in [5, 5.41) is 0. The molecule has 1 fully saturated rings. The molecule has 3 aromatic heterocycles. The Morgan fingerprint density at radius 3 is 2.55 bits per heavy atom. The van der Waals surface area contributed by atoms with Crippen LogP contribution in [0.3, 0.4) is 0 Å². The normalized spacial score (nSPS) is 14.3. The molecule has 11 nitrogen and oxygen atoms in total. The van der Waals surface area contributed by atoms with Gasteiger partial charge in [-0.25, -0.2) is 32.7 Å². The zero-order chi connectivity index (χ0) is 29.9. The highest BCUT2D eigenvalue weighted by molar-refractivity contribution is 7.92. The Bertz CT molecular complexity index is 1810. The van der Waals surface area contributed by atoms with E-state index in [0.29, 0.717) is 48.2 Å². The number of piperidine rings is 1. The van der Waals surface area contributed by atoms with Crippen LogP contribution in [-0.4, -0.2) is 65.1 Å². The first-order chi connectivity index (χ1) is 20.2. The Labute approximate surface area is 241 Å². The highest BCUT2D eigenvalue weighted by Gasteiger charge is 2.26. The number of ether oxygens (including phenoxy) is 1. The van der Waals surface area contributed by atoms with Gasteiger partial charge in [-0.1, -0.05) is 12.1 Å². The lowest BCUT2D eigenvalue weighted by molar-refractivity contribution is -0.127. The van der Waals surface area contributed by atoms with Crippen LogP contribution in [0.1, 0.15) is 31.4 Å². The van der Waals surface area contributed by atoms with Gasteiger partial charge in [-0.05, 0) is 56.2 Å². The predicted octanol–water partition coefficient (Wildman–Crippen LogP) is 3.89.